The van der Waals surface area contributed by atoms with Crippen LogP contribution < -0.4 is 0 Å². The smallest absolute Gasteiger partial charge is 0.321 e. The average Bonchev–Trinajstić information content (AvgIpc) is 2.80. The lowest BCUT2D eigenvalue weighted by atomic mass is 10.1. The Morgan fingerprint density at radius 2 is 1.52 bits per heavy atom. The molecule has 0 radical (unpaired) electrons. The van der Waals surface area contributed by atoms with Gasteiger partial charge < -0.3 is 10.2 Å². The van der Waals surface area contributed by atoms with Crippen molar-refractivity contribution in [2.45, 2.75) is 25.1 Å². The first-order chi connectivity index (χ1) is 9.73. The molecular formula is C12H10F5NO3. The van der Waals surface area contributed by atoms with Gasteiger partial charge in [0.1, 0.15) is 6.04 Å². The number of aliphatic hydroxyl groups excluding tert-OH is 1. The third-order valence-electron chi connectivity index (χ3n) is 3.33. The number of rotatable bonds is 3. The van der Waals surface area contributed by atoms with Crippen LogP contribution in [0.25, 0.3) is 0 Å². The summed E-state index contributed by atoms with van der Waals surface area (Å²) in [7, 11) is 0. The maximum Gasteiger partial charge on any atom is 0.321 e. The van der Waals surface area contributed by atoms with Crippen LogP contribution in [0.4, 0.5) is 22.0 Å². The second kappa shape index (κ2) is 5.57. The molecule has 0 bridgehead atoms. The molecule has 0 aromatic heterocycles. The summed E-state index contributed by atoms with van der Waals surface area (Å²) >= 11 is 0. The molecule has 4 nitrogen and oxygen atoms in total. The van der Waals surface area contributed by atoms with Crippen molar-refractivity contribution in [3.05, 3.63) is 34.6 Å². The highest BCUT2D eigenvalue weighted by molar-refractivity contribution is 5.74. The summed E-state index contributed by atoms with van der Waals surface area (Å²) in [5.41, 5.74) is -1.12. The average molecular weight is 311 g/mol. The monoisotopic (exact) mass is 311 g/mol. The fourth-order valence-corrected chi connectivity index (χ4v) is 2.30. The summed E-state index contributed by atoms with van der Waals surface area (Å²) in [5, 5.41) is 18.3. The molecule has 0 saturated carbocycles. The van der Waals surface area contributed by atoms with Crippen LogP contribution >= 0.6 is 0 Å². The van der Waals surface area contributed by atoms with E-state index < -0.39 is 59.3 Å². The summed E-state index contributed by atoms with van der Waals surface area (Å²) in [5.74, 6) is -11.8. The molecule has 1 aromatic rings. The van der Waals surface area contributed by atoms with Gasteiger partial charge in [0.15, 0.2) is 23.3 Å². The molecule has 2 N–H and O–H groups in total. The maximum absolute atomic E-state index is 13.5. The predicted octanol–water partition coefficient (Wildman–Crippen LogP) is 1.40. The Labute approximate surface area is 115 Å². The van der Waals surface area contributed by atoms with Crippen LogP contribution in [0.15, 0.2) is 0 Å². The molecule has 0 amide bonds. The number of nitrogens with zero attached hydrogens (tertiary/aromatic N) is 1. The largest absolute Gasteiger partial charge is 0.480 e. The second-order valence-corrected chi connectivity index (χ2v) is 4.72. The van der Waals surface area contributed by atoms with E-state index in [0.717, 1.165) is 4.90 Å². The molecule has 0 aliphatic carbocycles. The lowest BCUT2D eigenvalue weighted by Crippen LogP contribution is -2.36. The van der Waals surface area contributed by atoms with Crippen LogP contribution in [-0.2, 0) is 11.3 Å². The topological polar surface area (TPSA) is 60.8 Å². The molecule has 1 saturated heterocycles. The van der Waals surface area contributed by atoms with E-state index in [-0.39, 0.29) is 13.0 Å². The van der Waals surface area contributed by atoms with Gasteiger partial charge in [0, 0.05) is 25.1 Å². The molecule has 2 unspecified atom stereocenters. The fourth-order valence-electron chi connectivity index (χ4n) is 2.30. The van der Waals surface area contributed by atoms with Gasteiger partial charge in [-0.1, -0.05) is 0 Å². The van der Waals surface area contributed by atoms with Crippen LogP contribution in [-0.4, -0.2) is 39.8 Å². The number of hydrogen-bond acceptors (Lipinski definition) is 3. The van der Waals surface area contributed by atoms with E-state index in [4.69, 9.17) is 5.11 Å². The molecule has 116 valence electrons. The zero-order chi connectivity index (χ0) is 15.9. The molecule has 2 rings (SSSR count). The van der Waals surface area contributed by atoms with Crippen molar-refractivity contribution in [1.82, 2.24) is 4.90 Å². The Hall–Kier alpha value is -1.74. The second-order valence-electron chi connectivity index (χ2n) is 4.72. The molecule has 1 aromatic carbocycles. The Morgan fingerprint density at radius 1 is 1.05 bits per heavy atom. The number of hydrogen-bond donors (Lipinski definition) is 2. The molecule has 1 aliphatic rings. The fraction of sp³-hybridized carbons (Fsp3) is 0.417. The molecule has 2 atom stereocenters. The number of carbonyl (C=O) groups is 1. The molecule has 1 fully saturated rings. The van der Waals surface area contributed by atoms with E-state index in [2.05, 4.69) is 0 Å². The Balaban J connectivity index is 2.38. The molecule has 21 heavy (non-hydrogen) atoms. The quantitative estimate of drug-likeness (QED) is 0.503. The normalized spacial score (nSPS) is 22.8. The van der Waals surface area contributed by atoms with Crippen LogP contribution in [0.3, 0.4) is 0 Å². The van der Waals surface area contributed by atoms with Gasteiger partial charge in [-0.05, 0) is 0 Å². The third kappa shape index (κ3) is 2.70. The van der Waals surface area contributed by atoms with E-state index in [1.807, 2.05) is 0 Å². The van der Waals surface area contributed by atoms with Gasteiger partial charge in [0.2, 0.25) is 5.82 Å². The van der Waals surface area contributed by atoms with Crippen molar-refractivity contribution < 1.29 is 37.0 Å². The number of aliphatic carboxylic acids is 1. The van der Waals surface area contributed by atoms with Crippen LogP contribution in [0, 0.1) is 29.1 Å². The molecule has 1 heterocycles. The van der Waals surface area contributed by atoms with Gasteiger partial charge >= 0.3 is 5.97 Å². The van der Waals surface area contributed by atoms with Crippen molar-refractivity contribution in [3.8, 4) is 0 Å². The third-order valence-corrected chi connectivity index (χ3v) is 3.33. The standard InChI is InChI=1S/C12H10F5NO3/c13-7-5(8(14)10(16)11(17)9(7)15)3-18-2-4(19)1-6(18)12(20)21/h4,6,19H,1-3H2,(H,20,21). The van der Waals surface area contributed by atoms with Gasteiger partial charge in [-0.25, -0.2) is 22.0 Å². The number of carboxylic acids is 1. The highest BCUT2D eigenvalue weighted by atomic mass is 19.2. The Bertz CT molecular complexity index is 566. The van der Waals surface area contributed by atoms with Crippen molar-refractivity contribution in [1.29, 1.82) is 0 Å². The highest BCUT2D eigenvalue weighted by Crippen LogP contribution is 2.27. The summed E-state index contributed by atoms with van der Waals surface area (Å²) in [4.78, 5) is 11.9. The van der Waals surface area contributed by atoms with Gasteiger partial charge in [-0.3, -0.25) is 9.69 Å². The summed E-state index contributed by atoms with van der Waals surface area (Å²) in [6, 6.07) is -1.25. The van der Waals surface area contributed by atoms with Crippen molar-refractivity contribution in [2.75, 3.05) is 6.54 Å². The zero-order valence-corrected chi connectivity index (χ0v) is 10.4. The predicted molar refractivity (Wildman–Crippen MR) is 58.7 cm³/mol. The Kier molecular flexibility index (Phi) is 4.15. The number of likely N-dealkylation sites (tertiary alicyclic amines) is 1. The SMILES string of the molecule is O=C(O)C1CC(O)CN1Cc1c(F)c(F)c(F)c(F)c1F. The van der Waals surface area contributed by atoms with Crippen LogP contribution in [0.1, 0.15) is 12.0 Å². The summed E-state index contributed by atoms with van der Waals surface area (Å²) in [6.07, 6.45) is -1.24. The first-order valence-corrected chi connectivity index (χ1v) is 5.89. The first kappa shape index (κ1) is 15.6. The number of halogens is 5. The van der Waals surface area contributed by atoms with Crippen LogP contribution in [0.2, 0.25) is 0 Å². The maximum atomic E-state index is 13.5. The van der Waals surface area contributed by atoms with Crippen LogP contribution in [0.5, 0.6) is 0 Å². The van der Waals surface area contributed by atoms with E-state index in [9.17, 15) is 31.9 Å². The number of benzene rings is 1. The lowest BCUT2D eigenvalue weighted by Gasteiger charge is -2.21. The van der Waals surface area contributed by atoms with Gasteiger partial charge in [0.05, 0.1) is 6.10 Å². The van der Waals surface area contributed by atoms with Gasteiger partial charge in [-0.15, -0.1) is 0 Å². The van der Waals surface area contributed by atoms with Gasteiger partial charge in [0.25, 0.3) is 0 Å². The highest BCUT2D eigenvalue weighted by Gasteiger charge is 2.37. The number of aliphatic hydroxyl groups is 1. The van der Waals surface area contributed by atoms with E-state index in [0.29, 0.717) is 0 Å². The molecule has 9 heteroatoms. The minimum absolute atomic E-state index is 0.190. The first-order valence-electron chi connectivity index (χ1n) is 5.89. The molecular weight excluding hydrogens is 301 g/mol. The lowest BCUT2D eigenvalue weighted by molar-refractivity contribution is -0.142. The van der Waals surface area contributed by atoms with Crippen molar-refractivity contribution in [3.63, 3.8) is 0 Å². The number of carboxylic acid groups (broad SMARTS) is 1. The van der Waals surface area contributed by atoms with E-state index in [1.165, 1.54) is 0 Å². The van der Waals surface area contributed by atoms with Gasteiger partial charge in [-0.2, -0.15) is 0 Å². The minimum atomic E-state index is -2.27. The molecule has 1 aliphatic heterocycles. The number of β-amino-alcohol motifs (C(OH)–C–C–N with tert-alkyl or cyclic N) is 1. The zero-order valence-electron chi connectivity index (χ0n) is 10.4. The van der Waals surface area contributed by atoms with Crippen molar-refractivity contribution in [2.24, 2.45) is 0 Å². The van der Waals surface area contributed by atoms with E-state index in [1.54, 1.807) is 0 Å². The molecule has 0 spiro atoms. The Morgan fingerprint density at radius 3 is 2.00 bits per heavy atom. The summed E-state index contributed by atoms with van der Waals surface area (Å²) in [6.45, 7) is -1.05. The van der Waals surface area contributed by atoms with E-state index >= 15 is 0 Å². The minimum Gasteiger partial charge on any atom is -0.480 e. The van der Waals surface area contributed by atoms with Crippen molar-refractivity contribution >= 4 is 5.97 Å². The summed E-state index contributed by atoms with van der Waals surface area (Å²) < 4.78 is 66.1.